The van der Waals surface area contributed by atoms with Crippen molar-refractivity contribution in [2.75, 3.05) is 13.7 Å². The molecule has 0 spiro atoms. The number of hydrogen-bond acceptors (Lipinski definition) is 3. The Bertz CT molecular complexity index is 345. The molecule has 0 amide bonds. The lowest BCUT2D eigenvalue weighted by atomic mass is 10.0. The Kier molecular flexibility index (Phi) is 4.40. The summed E-state index contributed by atoms with van der Waals surface area (Å²) in [4.78, 5) is 0. The highest BCUT2D eigenvalue weighted by atomic mass is 16.5. The van der Waals surface area contributed by atoms with Crippen molar-refractivity contribution in [2.24, 2.45) is 0 Å². The normalized spacial score (nSPS) is 21.4. The topological polar surface area (TPSA) is 38.7 Å². The molecule has 1 fully saturated rings. The molecule has 1 heterocycles. The zero-order valence-electron chi connectivity index (χ0n) is 10.3. The number of aliphatic hydroxyl groups is 1. The van der Waals surface area contributed by atoms with Crippen molar-refractivity contribution in [3.8, 4) is 5.75 Å². The van der Waals surface area contributed by atoms with Crippen LogP contribution in [0.1, 0.15) is 24.8 Å². The van der Waals surface area contributed by atoms with Crippen LogP contribution in [-0.2, 0) is 11.2 Å². The standard InChI is InChI=1S/C14H20O3/c1-16-13-5-2-4-11(9-13)8-12(15)10-14-6-3-7-17-14/h2,4-5,9,12,14-15H,3,6-8,10H2,1H3. The minimum absolute atomic E-state index is 0.246. The van der Waals surface area contributed by atoms with Gasteiger partial charge in [0.15, 0.2) is 0 Å². The van der Waals surface area contributed by atoms with E-state index in [9.17, 15) is 5.11 Å². The molecular weight excluding hydrogens is 216 g/mol. The number of rotatable bonds is 5. The lowest BCUT2D eigenvalue weighted by molar-refractivity contribution is 0.0541. The molecule has 0 aliphatic carbocycles. The van der Waals surface area contributed by atoms with Crippen molar-refractivity contribution in [3.05, 3.63) is 29.8 Å². The molecule has 0 radical (unpaired) electrons. The summed E-state index contributed by atoms with van der Waals surface area (Å²) in [5.74, 6) is 0.840. The van der Waals surface area contributed by atoms with E-state index < -0.39 is 0 Å². The summed E-state index contributed by atoms with van der Waals surface area (Å²) in [6.07, 6.45) is 3.51. The molecule has 94 valence electrons. The molecule has 17 heavy (non-hydrogen) atoms. The van der Waals surface area contributed by atoms with Crippen LogP contribution in [0.4, 0.5) is 0 Å². The van der Waals surface area contributed by atoms with Gasteiger partial charge in [-0.15, -0.1) is 0 Å². The Morgan fingerprint density at radius 1 is 1.53 bits per heavy atom. The fraction of sp³-hybridized carbons (Fsp3) is 0.571. The first-order chi connectivity index (χ1) is 8.28. The summed E-state index contributed by atoms with van der Waals surface area (Å²) >= 11 is 0. The predicted octanol–water partition coefficient (Wildman–Crippen LogP) is 2.17. The van der Waals surface area contributed by atoms with E-state index in [1.165, 1.54) is 0 Å². The monoisotopic (exact) mass is 236 g/mol. The number of ether oxygens (including phenoxy) is 2. The maximum atomic E-state index is 10.0. The van der Waals surface area contributed by atoms with Gasteiger partial charge in [-0.1, -0.05) is 12.1 Å². The molecular formula is C14H20O3. The van der Waals surface area contributed by atoms with E-state index in [4.69, 9.17) is 9.47 Å². The largest absolute Gasteiger partial charge is 0.497 e. The fourth-order valence-electron chi connectivity index (χ4n) is 2.29. The van der Waals surface area contributed by atoms with E-state index >= 15 is 0 Å². The first-order valence-electron chi connectivity index (χ1n) is 6.20. The van der Waals surface area contributed by atoms with Crippen LogP contribution in [0.15, 0.2) is 24.3 Å². The summed E-state index contributed by atoms with van der Waals surface area (Å²) in [5.41, 5.74) is 1.11. The Morgan fingerprint density at radius 3 is 3.12 bits per heavy atom. The first kappa shape index (κ1) is 12.4. The van der Waals surface area contributed by atoms with Crippen LogP contribution in [-0.4, -0.2) is 31.0 Å². The van der Waals surface area contributed by atoms with Gasteiger partial charge >= 0.3 is 0 Å². The van der Waals surface area contributed by atoms with Gasteiger partial charge < -0.3 is 14.6 Å². The van der Waals surface area contributed by atoms with Gasteiger partial charge in [0.1, 0.15) is 5.75 Å². The first-order valence-corrected chi connectivity index (χ1v) is 6.20. The van der Waals surface area contributed by atoms with E-state index in [-0.39, 0.29) is 12.2 Å². The number of benzene rings is 1. The van der Waals surface area contributed by atoms with Crippen molar-refractivity contribution in [2.45, 2.75) is 37.9 Å². The number of hydrogen-bond donors (Lipinski definition) is 1. The SMILES string of the molecule is COc1cccc(CC(O)CC2CCCO2)c1. The van der Waals surface area contributed by atoms with Crippen molar-refractivity contribution < 1.29 is 14.6 Å². The molecule has 2 rings (SSSR count). The van der Waals surface area contributed by atoms with Gasteiger partial charge in [-0.3, -0.25) is 0 Å². The third kappa shape index (κ3) is 3.72. The van der Waals surface area contributed by atoms with Crippen molar-refractivity contribution >= 4 is 0 Å². The molecule has 1 aromatic carbocycles. The highest BCUT2D eigenvalue weighted by Crippen LogP contribution is 2.20. The minimum atomic E-state index is -0.329. The zero-order valence-corrected chi connectivity index (χ0v) is 10.3. The molecule has 0 bridgehead atoms. The summed E-state index contributed by atoms with van der Waals surface area (Å²) in [6.45, 7) is 0.844. The Balaban J connectivity index is 1.85. The Morgan fingerprint density at radius 2 is 2.41 bits per heavy atom. The highest BCUT2D eigenvalue weighted by molar-refractivity contribution is 5.28. The molecule has 0 aromatic heterocycles. The molecule has 1 aromatic rings. The maximum absolute atomic E-state index is 10.0. The van der Waals surface area contributed by atoms with E-state index in [0.29, 0.717) is 6.42 Å². The average Bonchev–Trinajstić information content (AvgIpc) is 2.82. The van der Waals surface area contributed by atoms with Crippen molar-refractivity contribution in [1.82, 2.24) is 0 Å². The van der Waals surface area contributed by atoms with Crippen molar-refractivity contribution in [1.29, 1.82) is 0 Å². The number of methoxy groups -OCH3 is 1. The average molecular weight is 236 g/mol. The summed E-state index contributed by atoms with van der Waals surface area (Å²) in [5, 5.41) is 10.0. The zero-order chi connectivity index (χ0) is 12.1. The number of aliphatic hydroxyl groups excluding tert-OH is 1. The summed E-state index contributed by atoms with van der Waals surface area (Å²) in [7, 11) is 1.65. The molecule has 3 nitrogen and oxygen atoms in total. The van der Waals surface area contributed by atoms with Crippen LogP contribution >= 0.6 is 0 Å². The van der Waals surface area contributed by atoms with Gasteiger partial charge in [-0.2, -0.15) is 0 Å². The third-order valence-electron chi connectivity index (χ3n) is 3.16. The van der Waals surface area contributed by atoms with Gasteiger partial charge in [-0.25, -0.2) is 0 Å². The second-order valence-corrected chi connectivity index (χ2v) is 4.58. The fourth-order valence-corrected chi connectivity index (χ4v) is 2.29. The molecule has 3 heteroatoms. The quantitative estimate of drug-likeness (QED) is 0.851. The van der Waals surface area contributed by atoms with Gasteiger partial charge in [-0.05, 0) is 43.4 Å². The Hall–Kier alpha value is -1.06. The van der Waals surface area contributed by atoms with Crippen LogP contribution in [0.2, 0.25) is 0 Å². The molecule has 1 N–H and O–H groups in total. The highest BCUT2D eigenvalue weighted by Gasteiger charge is 2.19. The van der Waals surface area contributed by atoms with Gasteiger partial charge in [0.2, 0.25) is 0 Å². The van der Waals surface area contributed by atoms with Gasteiger partial charge in [0.05, 0.1) is 19.3 Å². The molecule has 1 saturated heterocycles. The van der Waals surface area contributed by atoms with Crippen LogP contribution in [0.5, 0.6) is 5.75 Å². The van der Waals surface area contributed by atoms with Crippen LogP contribution < -0.4 is 4.74 Å². The molecule has 0 saturated carbocycles. The lowest BCUT2D eigenvalue weighted by Gasteiger charge is -2.15. The van der Waals surface area contributed by atoms with Crippen LogP contribution in [0.3, 0.4) is 0 Å². The van der Waals surface area contributed by atoms with Crippen LogP contribution in [0.25, 0.3) is 0 Å². The van der Waals surface area contributed by atoms with Gasteiger partial charge in [0, 0.05) is 6.61 Å². The third-order valence-corrected chi connectivity index (χ3v) is 3.16. The minimum Gasteiger partial charge on any atom is -0.497 e. The summed E-state index contributed by atoms with van der Waals surface area (Å²) in [6, 6.07) is 7.85. The second kappa shape index (κ2) is 6.03. The second-order valence-electron chi connectivity index (χ2n) is 4.58. The van der Waals surface area contributed by atoms with E-state index in [1.807, 2.05) is 24.3 Å². The van der Waals surface area contributed by atoms with E-state index in [2.05, 4.69) is 0 Å². The molecule has 2 atom stereocenters. The molecule has 1 aliphatic heterocycles. The molecule has 1 aliphatic rings. The lowest BCUT2D eigenvalue weighted by Crippen LogP contribution is -2.19. The van der Waals surface area contributed by atoms with E-state index in [0.717, 1.165) is 37.2 Å². The smallest absolute Gasteiger partial charge is 0.119 e. The van der Waals surface area contributed by atoms with Crippen molar-refractivity contribution in [3.63, 3.8) is 0 Å². The Labute approximate surface area is 102 Å². The van der Waals surface area contributed by atoms with Gasteiger partial charge in [0.25, 0.3) is 0 Å². The van der Waals surface area contributed by atoms with E-state index in [1.54, 1.807) is 7.11 Å². The van der Waals surface area contributed by atoms with Crippen LogP contribution in [0, 0.1) is 0 Å². The maximum Gasteiger partial charge on any atom is 0.119 e. The summed E-state index contributed by atoms with van der Waals surface area (Å²) < 4.78 is 10.7. The molecule has 2 unspecified atom stereocenters. The predicted molar refractivity (Wildman–Crippen MR) is 66.3 cm³/mol.